The maximum absolute atomic E-state index is 10.7. The maximum Gasteiger partial charge on any atom is 0.320 e. The summed E-state index contributed by atoms with van der Waals surface area (Å²) in [5.41, 5.74) is 5.17. The van der Waals surface area contributed by atoms with Crippen LogP contribution in [-0.4, -0.2) is 40.8 Å². The number of nitrogens with one attached hydrogen (secondary N) is 1. The summed E-state index contributed by atoms with van der Waals surface area (Å²) in [7, 11) is 0. The van der Waals surface area contributed by atoms with Gasteiger partial charge in [0.15, 0.2) is 0 Å². The van der Waals surface area contributed by atoms with E-state index in [-0.39, 0.29) is 13.0 Å². The Labute approximate surface area is 75.7 Å². The Morgan fingerprint density at radius 3 is 2.46 bits per heavy atom. The molecule has 0 aromatic rings. The zero-order valence-corrected chi connectivity index (χ0v) is 7.36. The smallest absolute Gasteiger partial charge is 0.320 e. The average Bonchev–Trinajstić information content (AvgIpc) is 2.03. The van der Waals surface area contributed by atoms with Crippen molar-refractivity contribution < 1.29 is 19.8 Å². The number of aliphatic carboxylic acids is 1. The molecule has 0 aromatic heterocycles. The first-order valence-electron chi connectivity index (χ1n) is 3.89. The van der Waals surface area contributed by atoms with Crippen molar-refractivity contribution in [2.24, 2.45) is 5.73 Å². The van der Waals surface area contributed by atoms with Gasteiger partial charge in [0.25, 0.3) is 0 Å². The Hall–Kier alpha value is -1.14. The van der Waals surface area contributed by atoms with Gasteiger partial charge in [-0.15, -0.1) is 0 Å². The highest BCUT2D eigenvalue weighted by Crippen LogP contribution is 1.87. The summed E-state index contributed by atoms with van der Waals surface area (Å²) in [5, 5.41) is 19.4. The van der Waals surface area contributed by atoms with Crippen LogP contribution < -0.4 is 11.1 Å². The molecule has 0 aliphatic carbocycles. The monoisotopic (exact) mass is 190 g/mol. The van der Waals surface area contributed by atoms with Gasteiger partial charge in [-0.1, -0.05) is 0 Å². The predicted molar refractivity (Wildman–Crippen MR) is 44.9 cm³/mol. The van der Waals surface area contributed by atoms with Crippen LogP contribution in [0.5, 0.6) is 0 Å². The fourth-order valence-corrected chi connectivity index (χ4v) is 0.622. The number of hydrogen-bond donors (Lipinski definition) is 4. The van der Waals surface area contributed by atoms with Gasteiger partial charge in [0.05, 0.1) is 0 Å². The van der Waals surface area contributed by atoms with Crippen molar-refractivity contribution in [3.63, 3.8) is 0 Å². The molecule has 0 radical (unpaired) electrons. The molecule has 2 unspecified atom stereocenters. The summed E-state index contributed by atoms with van der Waals surface area (Å²) in [5.74, 6) is -1.64. The number of amides is 1. The van der Waals surface area contributed by atoms with Crippen LogP contribution in [0.2, 0.25) is 0 Å². The van der Waals surface area contributed by atoms with Crippen LogP contribution >= 0.6 is 0 Å². The Morgan fingerprint density at radius 1 is 1.54 bits per heavy atom. The molecule has 0 aromatic carbocycles. The standard InChI is InChI=1S/C7H14N2O4/c1-4(10)6(11)9-3-2-5(8)7(12)13/h4-5,10H,2-3,8H2,1H3,(H,9,11)(H,12,13). The van der Waals surface area contributed by atoms with Crippen LogP contribution in [0.1, 0.15) is 13.3 Å². The van der Waals surface area contributed by atoms with Crippen molar-refractivity contribution in [2.75, 3.05) is 6.54 Å². The van der Waals surface area contributed by atoms with Gasteiger partial charge in [0, 0.05) is 6.54 Å². The number of aliphatic hydroxyl groups is 1. The Kier molecular flexibility index (Phi) is 5.01. The number of hydrogen-bond acceptors (Lipinski definition) is 4. The molecule has 2 atom stereocenters. The van der Waals surface area contributed by atoms with E-state index in [1.54, 1.807) is 0 Å². The molecule has 0 spiro atoms. The van der Waals surface area contributed by atoms with Gasteiger partial charge in [0.2, 0.25) is 5.91 Å². The normalized spacial score (nSPS) is 14.7. The Bertz CT molecular complexity index is 193. The van der Waals surface area contributed by atoms with Crippen molar-refractivity contribution in [2.45, 2.75) is 25.5 Å². The van der Waals surface area contributed by atoms with Crippen LogP contribution in [0.25, 0.3) is 0 Å². The van der Waals surface area contributed by atoms with E-state index in [4.69, 9.17) is 15.9 Å². The molecule has 0 aliphatic rings. The number of nitrogens with two attached hydrogens (primary N) is 1. The van der Waals surface area contributed by atoms with Gasteiger partial charge >= 0.3 is 5.97 Å². The minimum absolute atomic E-state index is 0.147. The predicted octanol–water partition coefficient (Wildman–Crippen LogP) is -1.71. The third kappa shape index (κ3) is 5.15. The summed E-state index contributed by atoms with van der Waals surface area (Å²) in [6.07, 6.45) is -0.936. The van der Waals surface area contributed by atoms with Crippen molar-refractivity contribution in [3.8, 4) is 0 Å². The lowest BCUT2D eigenvalue weighted by atomic mass is 10.2. The van der Waals surface area contributed by atoms with Crippen LogP contribution in [0.3, 0.4) is 0 Å². The molecule has 0 rings (SSSR count). The van der Waals surface area contributed by atoms with E-state index >= 15 is 0 Å². The second kappa shape index (κ2) is 5.50. The summed E-state index contributed by atoms with van der Waals surface area (Å²) in [4.78, 5) is 21.0. The number of carbonyl (C=O) groups excluding carboxylic acids is 1. The maximum atomic E-state index is 10.7. The van der Waals surface area contributed by atoms with Crippen LogP contribution in [-0.2, 0) is 9.59 Å². The molecule has 6 heteroatoms. The van der Waals surface area contributed by atoms with E-state index in [9.17, 15) is 9.59 Å². The molecular weight excluding hydrogens is 176 g/mol. The third-order valence-corrected chi connectivity index (χ3v) is 1.45. The second-order valence-corrected chi connectivity index (χ2v) is 2.70. The second-order valence-electron chi connectivity index (χ2n) is 2.70. The molecule has 0 fully saturated rings. The highest BCUT2D eigenvalue weighted by molar-refractivity contribution is 5.80. The van der Waals surface area contributed by atoms with Gasteiger partial charge in [-0.3, -0.25) is 9.59 Å². The minimum atomic E-state index is -1.11. The van der Waals surface area contributed by atoms with Gasteiger partial charge in [-0.2, -0.15) is 0 Å². The van der Waals surface area contributed by atoms with E-state index in [0.29, 0.717) is 0 Å². The number of aliphatic hydroxyl groups excluding tert-OH is 1. The van der Waals surface area contributed by atoms with Crippen molar-refractivity contribution in [3.05, 3.63) is 0 Å². The molecule has 13 heavy (non-hydrogen) atoms. The molecule has 76 valence electrons. The van der Waals surface area contributed by atoms with Crippen LogP contribution in [0.15, 0.2) is 0 Å². The number of carbonyl (C=O) groups is 2. The first-order chi connectivity index (χ1) is 5.95. The van der Waals surface area contributed by atoms with Gasteiger partial charge in [-0.05, 0) is 13.3 Å². The largest absolute Gasteiger partial charge is 0.480 e. The quantitative estimate of drug-likeness (QED) is 0.412. The minimum Gasteiger partial charge on any atom is -0.480 e. The van der Waals surface area contributed by atoms with E-state index in [1.807, 2.05) is 0 Å². The zero-order chi connectivity index (χ0) is 10.4. The molecule has 6 nitrogen and oxygen atoms in total. The summed E-state index contributed by atoms with van der Waals surface area (Å²) in [6, 6.07) is -0.978. The highest BCUT2D eigenvalue weighted by atomic mass is 16.4. The Balaban J connectivity index is 3.56. The lowest BCUT2D eigenvalue weighted by molar-refractivity contribution is -0.139. The lowest BCUT2D eigenvalue weighted by Crippen LogP contribution is -2.38. The zero-order valence-electron chi connectivity index (χ0n) is 7.36. The van der Waals surface area contributed by atoms with E-state index < -0.39 is 24.0 Å². The molecule has 0 saturated heterocycles. The van der Waals surface area contributed by atoms with Crippen LogP contribution in [0, 0.1) is 0 Å². The highest BCUT2D eigenvalue weighted by Gasteiger charge is 2.12. The molecule has 0 aliphatic heterocycles. The van der Waals surface area contributed by atoms with Crippen molar-refractivity contribution in [1.82, 2.24) is 5.32 Å². The lowest BCUT2D eigenvalue weighted by Gasteiger charge is -2.08. The summed E-state index contributed by atoms with van der Waals surface area (Å²) < 4.78 is 0. The number of rotatable bonds is 5. The number of carboxylic acids is 1. The molecule has 0 saturated carbocycles. The third-order valence-electron chi connectivity index (χ3n) is 1.45. The van der Waals surface area contributed by atoms with Gasteiger partial charge < -0.3 is 21.3 Å². The first kappa shape index (κ1) is 11.9. The molecule has 0 heterocycles. The fourth-order valence-electron chi connectivity index (χ4n) is 0.622. The fraction of sp³-hybridized carbons (Fsp3) is 0.714. The van der Waals surface area contributed by atoms with Gasteiger partial charge in [-0.25, -0.2) is 0 Å². The van der Waals surface area contributed by atoms with Crippen molar-refractivity contribution in [1.29, 1.82) is 0 Å². The molecular formula is C7H14N2O4. The molecule has 5 N–H and O–H groups in total. The summed E-state index contributed by atoms with van der Waals surface area (Å²) >= 11 is 0. The molecule has 0 bridgehead atoms. The average molecular weight is 190 g/mol. The first-order valence-corrected chi connectivity index (χ1v) is 3.89. The SMILES string of the molecule is CC(O)C(=O)NCCC(N)C(=O)O. The number of carboxylic acid groups (broad SMARTS) is 1. The topological polar surface area (TPSA) is 113 Å². The van der Waals surface area contributed by atoms with E-state index in [0.717, 1.165) is 0 Å². The van der Waals surface area contributed by atoms with Crippen molar-refractivity contribution >= 4 is 11.9 Å². The molecule has 1 amide bonds. The Morgan fingerprint density at radius 2 is 2.08 bits per heavy atom. The van der Waals surface area contributed by atoms with Gasteiger partial charge in [0.1, 0.15) is 12.1 Å². The summed E-state index contributed by atoms with van der Waals surface area (Å²) in [6.45, 7) is 1.48. The van der Waals surface area contributed by atoms with E-state index in [2.05, 4.69) is 5.32 Å². The van der Waals surface area contributed by atoms with E-state index in [1.165, 1.54) is 6.92 Å². The van der Waals surface area contributed by atoms with Crippen LogP contribution in [0.4, 0.5) is 0 Å².